The summed E-state index contributed by atoms with van der Waals surface area (Å²) in [5.41, 5.74) is 2.41. The number of H-pyrrole nitrogens is 2. The molecule has 0 aliphatic rings. The van der Waals surface area contributed by atoms with Crippen molar-refractivity contribution < 1.29 is 23.1 Å². The van der Waals surface area contributed by atoms with Gasteiger partial charge in [0.25, 0.3) is 0 Å². The molecule has 2 aromatic carbocycles. The first kappa shape index (κ1) is 18.1. The number of carboxylic acids is 1. The average molecular weight is 348 g/mol. The largest absolute Gasteiger partial charge is 0.490 e. The van der Waals surface area contributed by atoms with E-state index in [2.05, 4.69) is 46.4 Å². The first-order valence-electron chi connectivity index (χ1n) is 7.22. The SMILES string of the molecule is O=C(O)C(F)(F)F.c1ccc2[nH]ccc2c1.c1ccc2[nH]ccc2c1. The number of aliphatic carboxylic acids is 1. The monoisotopic (exact) mass is 348 g/mol. The predicted octanol–water partition coefficient (Wildman–Crippen LogP) is 4.97. The van der Waals surface area contributed by atoms with E-state index >= 15 is 0 Å². The number of hydrogen-bond donors (Lipinski definition) is 3. The smallest absolute Gasteiger partial charge is 0.475 e. The molecule has 0 atom stereocenters. The number of halogens is 3. The van der Waals surface area contributed by atoms with E-state index in [1.54, 1.807) is 0 Å². The zero-order valence-corrected chi connectivity index (χ0v) is 12.9. The average Bonchev–Trinajstić information content (AvgIpc) is 3.24. The fraction of sp³-hybridized carbons (Fsp3) is 0.0556. The number of aromatic nitrogens is 2. The van der Waals surface area contributed by atoms with Gasteiger partial charge in [-0.15, -0.1) is 0 Å². The molecule has 0 aliphatic heterocycles. The minimum absolute atomic E-state index is 1.21. The molecule has 0 bridgehead atoms. The lowest BCUT2D eigenvalue weighted by molar-refractivity contribution is -0.192. The van der Waals surface area contributed by atoms with E-state index in [4.69, 9.17) is 9.90 Å². The van der Waals surface area contributed by atoms with Gasteiger partial charge in [0.1, 0.15) is 0 Å². The minimum atomic E-state index is -5.08. The lowest BCUT2D eigenvalue weighted by atomic mass is 10.3. The van der Waals surface area contributed by atoms with E-state index < -0.39 is 12.1 Å². The Labute approximate surface area is 140 Å². The fourth-order valence-corrected chi connectivity index (χ4v) is 1.99. The zero-order valence-electron chi connectivity index (χ0n) is 12.9. The van der Waals surface area contributed by atoms with Crippen LogP contribution in [0.4, 0.5) is 13.2 Å². The quantitative estimate of drug-likeness (QED) is 0.420. The Kier molecular flexibility index (Phi) is 5.84. The zero-order chi connectivity index (χ0) is 18.3. The van der Waals surface area contributed by atoms with Crippen molar-refractivity contribution in [1.29, 1.82) is 0 Å². The van der Waals surface area contributed by atoms with Crippen LogP contribution in [0.25, 0.3) is 21.8 Å². The van der Waals surface area contributed by atoms with Gasteiger partial charge < -0.3 is 15.1 Å². The third kappa shape index (κ3) is 5.42. The number of hydrogen-bond acceptors (Lipinski definition) is 1. The standard InChI is InChI=1S/2C8H7N.C2HF3O2/c2*1-2-4-8-7(3-1)5-6-9-8;3-2(4,5)1(6)7/h2*1-6,9H;(H,6,7). The van der Waals surface area contributed by atoms with Crippen molar-refractivity contribution >= 4 is 27.8 Å². The summed E-state index contributed by atoms with van der Waals surface area (Å²) in [6.07, 6.45) is -1.19. The van der Waals surface area contributed by atoms with Crippen LogP contribution in [0.3, 0.4) is 0 Å². The van der Waals surface area contributed by atoms with E-state index in [0.29, 0.717) is 0 Å². The summed E-state index contributed by atoms with van der Waals surface area (Å²) >= 11 is 0. The Morgan fingerprint density at radius 3 is 1.44 bits per heavy atom. The molecule has 130 valence electrons. The van der Waals surface area contributed by atoms with Crippen LogP contribution in [0.15, 0.2) is 73.1 Å². The topological polar surface area (TPSA) is 68.9 Å². The summed E-state index contributed by atoms with van der Waals surface area (Å²) in [5.74, 6) is -2.76. The Morgan fingerprint density at radius 1 is 0.760 bits per heavy atom. The summed E-state index contributed by atoms with van der Waals surface area (Å²) in [5, 5.41) is 9.68. The van der Waals surface area contributed by atoms with Gasteiger partial charge in [-0.05, 0) is 35.0 Å². The maximum Gasteiger partial charge on any atom is 0.490 e. The number of benzene rings is 2. The van der Waals surface area contributed by atoms with Gasteiger partial charge in [-0.25, -0.2) is 4.79 Å². The van der Waals surface area contributed by atoms with Crippen LogP contribution in [0.5, 0.6) is 0 Å². The van der Waals surface area contributed by atoms with Crippen molar-refractivity contribution in [2.75, 3.05) is 0 Å². The van der Waals surface area contributed by atoms with Gasteiger partial charge in [0, 0.05) is 23.4 Å². The van der Waals surface area contributed by atoms with E-state index in [1.165, 1.54) is 21.8 Å². The van der Waals surface area contributed by atoms with Gasteiger partial charge in [0.15, 0.2) is 0 Å². The second-order valence-electron chi connectivity index (χ2n) is 4.93. The normalized spacial score (nSPS) is 10.5. The lowest BCUT2D eigenvalue weighted by Gasteiger charge is -1.93. The number of nitrogens with one attached hydrogen (secondary N) is 2. The molecule has 0 saturated heterocycles. The molecule has 4 aromatic rings. The number of para-hydroxylation sites is 2. The van der Waals surface area contributed by atoms with Gasteiger partial charge in [0.2, 0.25) is 0 Å². The molecule has 7 heteroatoms. The molecule has 0 spiro atoms. The van der Waals surface area contributed by atoms with E-state index in [0.717, 1.165) is 0 Å². The molecule has 0 radical (unpaired) electrons. The predicted molar refractivity (Wildman–Crippen MR) is 90.3 cm³/mol. The van der Waals surface area contributed by atoms with Crippen molar-refractivity contribution in [3.8, 4) is 0 Å². The van der Waals surface area contributed by atoms with Crippen LogP contribution in [0, 0.1) is 0 Å². The second-order valence-corrected chi connectivity index (χ2v) is 4.93. The maximum atomic E-state index is 10.6. The third-order valence-corrected chi connectivity index (χ3v) is 3.17. The Balaban J connectivity index is 0.000000137. The molecule has 0 amide bonds. The van der Waals surface area contributed by atoms with Gasteiger partial charge in [-0.1, -0.05) is 36.4 Å². The van der Waals surface area contributed by atoms with Crippen LogP contribution in [0.2, 0.25) is 0 Å². The molecular formula is C18H15F3N2O2. The minimum Gasteiger partial charge on any atom is -0.475 e. The third-order valence-electron chi connectivity index (χ3n) is 3.17. The summed E-state index contributed by atoms with van der Waals surface area (Å²) in [6, 6.07) is 20.6. The van der Waals surface area contributed by atoms with E-state index in [1.807, 2.05) is 36.7 Å². The molecule has 0 aliphatic carbocycles. The van der Waals surface area contributed by atoms with Crippen molar-refractivity contribution in [3.63, 3.8) is 0 Å². The molecule has 0 fully saturated rings. The van der Waals surface area contributed by atoms with Gasteiger partial charge >= 0.3 is 12.1 Å². The number of carbonyl (C=O) groups is 1. The highest BCUT2D eigenvalue weighted by Gasteiger charge is 2.38. The highest BCUT2D eigenvalue weighted by atomic mass is 19.4. The number of carboxylic acid groups (broad SMARTS) is 1. The molecule has 4 rings (SSSR count). The van der Waals surface area contributed by atoms with Crippen molar-refractivity contribution in [2.45, 2.75) is 6.18 Å². The van der Waals surface area contributed by atoms with Gasteiger partial charge in [0.05, 0.1) is 0 Å². The van der Waals surface area contributed by atoms with Crippen molar-refractivity contribution in [2.24, 2.45) is 0 Å². The Bertz CT molecular complexity index is 815. The first-order chi connectivity index (χ1) is 11.9. The molecule has 3 N–H and O–H groups in total. The summed E-state index contributed by atoms with van der Waals surface area (Å²) < 4.78 is 31.7. The number of fused-ring (bicyclic) bond motifs is 2. The lowest BCUT2D eigenvalue weighted by Crippen LogP contribution is -2.21. The molecule has 2 heterocycles. The van der Waals surface area contributed by atoms with Crippen LogP contribution >= 0.6 is 0 Å². The summed E-state index contributed by atoms with van der Waals surface area (Å²) in [7, 11) is 0. The van der Waals surface area contributed by atoms with E-state index in [9.17, 15) is 13.2 Å². The van der Waals surface area contributed by atoms with Crippen LogP contribution < -0.4 is 0 Å². The Hall–Kier alpha value is -3.22. The molecule has 0 saturated carbocycles. The Morgan fingerprint density at radius 2 is 1.12 bits per heavy atom. The van der Waals surface area contributed by atoms with Crippen LogP contribution in [0.1, 0.15) is 0 Å². The summed E-state index contributed by atoms with van der Waals surface area (Å²) in [4.78, 5) is 15.1. The molecule has 2 aromatic heterocycles. The highest BCUT2D eigenvalue weighted by molar-refractivity contribution is 5.79. The number of rotatable bonds is 0. The van der Waals surface area contributed by atoms with Crippen molar-refractivity contribution in [3.05, 3.63) is 73.1 Å². The maximum absolute atomic E-state index is 10.6. The summed E-state index contributed by atoms with van der Waals surface area (Å²) in [6.45, 7) is 0. The second kappa shape index (κ2) is 8.05. The molecule has 0 unspecified atom stereocenters. The van der Waals surface area contributed by atoms with Gasteiger partial charge in [-0.3, -0.25) is 0 Å². The van der Waals surface area contributed by atoms with Gasteiger partial charge in [-0.2, -0.15) is 13.2 Å². The highest BCUT2D eigenvalue weighted by Crippen LogP contribution is 2.13. The van der Waals surface area contributed by atoms with Crippen LogP contribution in [-0.2, 0) is 4.79 Å². The van der Waals surface area contributed by atoms with Crippen molar-refractivity contribution in [1.82, 2.24) is 9.97 Å². The number of aromatic amines is 2. The van der Waals surface area contributed by atoms with Crippen LogP contribution in [-0.4, -0.2) is 27.2 Å². The fourth-order valence-electron chi connectivity index (χ4n) is 1.99. The molecular weight excluding hydrogens is 333 g/mol. The number of alkyl halides is 3. The molecule has 4 nitrogen and oxygen atoms in total. The molecule has 25 heavy (non-hydrogen) atoms. The van der Waals surface area contributed by atoms with E-state index in [-0.39, 0.29) is 0 Å². The first-order valence-corrected chi connectivity index (χ1v) is 7.22.